The zero-order chi connectivity index (χ0) is 9.26. The summed E-state index contributed by atoms with van der Waals surface area (Å²) in [4.78, 5) is 1.27. The molecule has 1 aromatic carbocycles. The van der Waals surface area contributed by atoms with E-state index in [0.717, 1.165) is 8.95 Å². The van der Waals surface area contributed by atoms with Crippen LogP contribution in [0.2, 0.25) is 0 Å². The zero-order valence-electron chi connectivity index (χ0n) is 6.63. The highest BCUT2D eigenvalue weighted by Crippen LogP contribution is 2.39. The first-order chi connectivity index (χ1) is 6.29. The number of benzene rings is 1. The van der Waals surface area contributed by atoms with Gasteiger partial charge in [-0.1, -0.05) is 30.3 Å². The van der Waals surface area contributed by atoms with Crippen molar-refractivity contribution in [3.05, 3.63) is 44.7 Å². The summed E-state index contributed by atoms with van der Waals surface area (Å²) < 4.78 is 2.26. The van der Waals surface area contributed by atoms with E-state index in [1.54, 1.807) is 11.3 Å². The molecule has 0 aliphatic rings. The smallest absolute Gasteiger partial charge is 0.0503 e. The average molecular weight is 318 g/mol. The second kappa shape index (κ2) is 3.95. The molecule has 0 atom stereocenters. The Labute approximate surface area is 97.9 Å². The number of halogens is 2. The molecule has 2 aromatic rings. The SMILES string of the molecule is Brc1csc(-c2ccccc2)c1Br. The van der Waals surface area contributed by atoms with Crippen LogP contribution in [0.5, 0.6) is 0 Å². The van der Waals surface area contributed by atoms with Crippen molar-refractivity contribution in [3.8, 4) is 10.4 Å². The Morgan fingerprint density at radius 2 is 1.69 bits per heavy atom. The van der Waals surface area contributed by atoms with Crippen LogP contribution in [0.3, 0.4) is 0 Å². The van der Waals surface area contributed by atoms with Gasteiger partial charge < -0.3 is 0 Å². The van der Waals surface area contributed by atoms with Crippen LogP contribution < -0.4 is 0 Å². The summed E-state index contributed by atoms with van der Waals surface area (Å²) in [5.41, 5.74) is 1.25. The van der Waals surface area contributed by atoms with Gasteiger partial charge in [0.25, 0.3) is 0 Å². The van der Waals surface area contributed by atoms with Crippen molar-refractivity contribution in [1.29, 1.82) is 0 Å². The largest absolute Gasteiger partial charge is 0.141 e. The maximum Gasteiger partial charge on any atom is 0.0503 e. The fourth-order valence-corrected chi connectivity index (χ4v) is 3.32. The lowest BCUT2D eigenvalue weighted by atomic mass is 10.2. The van der Waals surface area contributed by atoms with Gasteiger partial charge in [0, 0.05) is 14.7 Å². The van der Waals surface area contributed by atoms with Crippen LogP contribution in [-0.2, 0) is 0 Å². The fourth-order valence-electron chi connectivity index (χ4n) is 1.11. The third-order valence-electron chi connectivity index (χ3n) is 1.73. The zero-order valence-corrected chi connectivity index (χ0v) is 10.6. The van der Waals surface area contributed by atoms with Crippen molar-refractivity contribution in [1.82, 2.24) is 0 Å². The molecule has 0 saturated carbocycles. The monoisotopic (exact) mass is 316 g/mol. The van der Waals surface area contributed by atoms with E-state index in [4.69, 9.17) is 0 Å². The molecule has 0 amide bonds. The lowest BCUT2D eigenvalue weighted by Gasteiger charge is -1.97. The van der Waals surface area contributed by atoms with Gasteiger partial charge >= 0.3 is 0 Å². The summed E-state index contributed by atoms with van der Waals surface area (Å²) in [6, 6.07) is 10.4. The van der Waals surface area contributed by atoms with Crippen LogP contribution in [0.1, 0.15) is 0 Å². The molecular weight excluding hydrogens is 312 g/mol. The molecule has 0 spiro atoms. The molecule has 3 heteroatoms. The third-order valence-corrected chi connectivity index (χ3v) is 5.30. The van der Waals surface area contributed by atoms with E-state index in [-0.39, 0.29) is 0 Å². The molecule has 0 aliphatic carbocycles. The first-order valence-electron chi connectivity index (χ1n) is 3.77. The Kier molecular flexibility index (Phi) is 2.86. The first-order valence-corrected chi connectivity index (χ1v) is 6.23. The molecule has 0 nitrogen and oxygen atoms in total. The van der Waals surface area contributed by atoms with Gasteiger partial charge in [-0.2, -0.15) is 0 Å². The normalized spacial score (nSPS) is 10.3. The number of thiophene rings is 1. The van der Waals surface area contributed by atoms with E-state index in [0.29, 0.717) is 0 Å². The van der Waals surface area contributed by atoms with Gasteiger partial charge in [0.1, 0.15) is 0 Å². The lowest BCUT2D eigenvalue weighted by molar-refractivity contribution is 1.67. The summed E-state index contributed by atoms with van der Waals surface area (Å²) in [7, 11) is 0. The molecule has 2 rings (SSSR count). The van der Waals surface area contributed by atoms with Gasteiger partial charge in [-0.05, 0) is 37.4 Å². The summed E-state index contributed by atoms with van der Waals surface area (Å²) in [5, 5.41) is 2.09. The van der Waals surface area contributed by atoms with Crippen LogP contribution in [0.4, 0.5) is 0 Å². The first kappa shape index (κ1) is 9.44. The number of hydrogen-bond acceptors (Lipinski definition) is 1. The molecule has 1 heterocycles. The predicted molar refractivity (Wildman–Crippen MR) is 65.2 cm³/mol. The van der Waals surface area contributed by atoms with E-state index in [1.165, 1.54) is 10.4 Å². The molecule has 13 heavy (non-hydrogen) atoms. The van der Waals surface area contributed by atoms with Crippen LogP contribution >= 0.6 is 43.2 Å². The van der Waals surface area contributed by atoms with E-state index in [1.807, 2.05) is 6.07 Å². The van der Waals surface area contributed by atoms with Crippen LogP contribution in [0.25, 0.3) is 10.4 Å². The van der Waals surface area contributed by atoms with E-state index in [9.17, 15) is 0 Å². The minimum Gasteiger partial charge on any atom is -0.141 e. The van der Waals surface area contributed by atoms with Crippen LogP contribution in [0, 0.1) is 0 Å². The highest BCUT2D eigenvalue weighted by atomic mass is 79.9. The van der Waals surface area contributed by atoms with Gasteiger partial charge in [-0.15, -0.1) is 11.3 Å². The van der Waals surface area contributed by atoms with Gasteiger partial charge in [0.05, 0.1) is 4.47 Å². The molecule has 0 N–H and O–H groups in total. The second-order valence-electron chi connectivity index (χ2n) is 2.59. The fraction of sp³-hybridized carbons (Fsp3) is 0. The maximum atomic E-state index is 3.55. The quantitative estimate of drug-likeness (QED) is 0.699. The molecule has 0 aliphatic heterocycles. The Bertz CT molecular complexity index is 406. The van der Waals surface area contributed by atoms with Crippen LogP contribution in [-0.4, -0.2) is 0 Å². The summed E-state index contributed by atoms with van der Waals surface area (Å²) in [6.45, 7) is 0. The standard InChI is InChI=1S/C10H6Br2S/c11-8-6-13-10(9(8)12)7-4-2-1-3-5-7/h1-6H. The molecular formula is C10H6Br2S. The molecule has 0 radical (unpaired) electrons. The molecule has 0 bridgehead atoms. The van der Waals surface area contributed by atoms with Gasteiger partial charge in [-0.25, -0.2) is 0 Å². The second-order valence-corrected chi connectivity index (χ2v) is 5.12. The van der Waals surface area contributed by atoms with Crippen molar-refractivity contribution in [2.75, 3.05) is 0 Å². The van der Waals surface area contributed by atoms with Crippen molar-refractivity contribution in [2.45, 2.75) is 0 Å². The molecule has 0 fully saturated rings. The van der Waals surface area contributed by atoms with Gasteiger partial charge in [-0.3, -0.25) is 0 Å². The Morgan fingerprint density at radius 3 is 2.23 bits per heavy atom. The molecule has 0 unspecified atom stereocenters. The van der Waals surface area contributed by atoms with Crippen LogP contribution in [0.15, 0.2) is 44.7 Å². The van der Waals surface area contributed by atoms with E-state index >= 15 is 0 Å². The van der Waals surface area contributed by atoms with Crippen molar-refractivity contribution in [3.63, 3.8) is 0 Å². The van der Waals surface area contributed by atoms with Gasteiger partial charge in [0.2, 0.25) is 0 Å². The highest BCUT2D eigenvalue weighted by Gasteiger charge is 2.07. The molecule has 1 aromatic heterocycles. The lowest BCUT2D eigenvalue weighted by Crippen LogP contribution is -1.70. The highest BCUT2D eigenvalue weighted by molar-refractivity contribution is 9.13. The average Bonchev–Trinajstić information content (AvgIpc) is 2.49. The van der Waals surface area contributed by atoms with E-state index < -0.39 is 0 Å². The maximum absolute atomic E-state index is 3.55. The number of rotatable bonds is 1. The minimum atomic E-state index is 1.12. The predicted octanol–water partition coefficient (Wildman–Crippen LogP) is 4.94. The van der Waals surface area contributed by atoms with Gasteiger partial charge in [0.15, 0.2) is 0 Å². The van der Waals surface area contributed by atoms with Crippen molar-refractivity contribution in [2.24, 2.45) is 0 Å². The number of hydrogen-bond donors (Lipinski definition) is 0. The Balaban J connectivity index is 2.53. The van der Waals surface area contributed by atoms with E-state index in [2.05, 4.69) is 61.5 Å². The summed E-state index contributed by atoms with van der Waals surface area (Å²) in [6.07, 6.45) is 0. The third kappa shape index (κ3) is 1.87. The Hall–Kier alpha value is -0.120. The topological polar surface area (TPSA) is 0 Å². The summed E-state index contributed by atoms with van der Waals surface area (Å²) in [5.74, 6) is 0. The van der Waals surface area contributed by atoms with Crippen molar-refractivity contribution >= 4 is 43.2 Å². The molecule has 66 valence electrons. The Morgan fingerprint density at radius 1 is 1.00 bits per heavy atom. The minimum absolute atomic E-state index is 1.12. The molecule has 0 saturated heterocycles. The summed E-state index contributed by atoms with van der Waals surface area (Å²) >= 11 is 8.76. The van der Waals surface area contributed by atoms with Crippen molar-refractivity contribution < 1.29 is 0 Å².